The Hall–Kier alpha value is -1.65. The Morgan fingerprint density at radius 3 is 3.17 bits per heavy atom. The van der Waals surface area contributed by atoms with Crippen molar-refractivity contribution in [1.29, 1.82) is 0 Å². The van der Waals surface area contributed by atoms with Gasteiger partial charge < -0.3 is 0 Å². The van der Waals surface area contributed by atoms with E-state index in [9.17, 15) is 10.1 Å². The fraction of sp³-hybridized carbons (Fsp3) is 0.286. The van der Waals surface area contributed by atoms with E-state index >= 15 is 0 Å². The Labute approximate surface area is 69.5 Å². The van der Waals surface area contributed by atoms with E-state index in [0.29, 0.717) is 6.54 Å². The highest BCUT2D eigenvalue weighted by molar-refractivity contribution is 5.42. The van der Waals surface area contributed by atoms with Crippen molar-refractivity contribution in [3.8, 4) is 0 Å². The van der Waals surface area contributed by atoms with Crippen molar-refractivity contribution < 1.29 is 4.92 Å². The lowest BCUT2D eigenvalue weighted by Crippen LogP contribution is -1.98. The van der Waals surface area contributed by atoms with Crippen LogP contribution in [0.25, 0.3) is 6.08 Å². The fourth-order valence-electron chi connectivity index (χ4n) is 0.886. The van der Waals surface area contributed by atoms with Crippen LogP contribution in [0.4, 0.5) is 0 Å². The average Bonchev–Trinajstić information content (AvgIpc) is 2.47. The van der Waals surface area contributed by atoms with E-state index in [0.717, 1.165) is 11.9 Å². The third-order valence-corrected chi connectivity index (χ3v) is 1.42. The largest absolute Gasteiger partial charge is 0.266 e. The number of nitro groups is 1. The van der Waals surface area contributed by atoms with Gasteiger partial charge in [0.25, 0.3) is 0 Å². The first-order chi connectivity index (χ1) is 5.74. The molecule has 12 heavy (non-hydrogen) atoms. The topological polar surface area (TPSA) is 61.0 Å². The molecule has 0 saturated heterocycles. The van der Waals surface area contributed by atoms with Gasteiger partial charge in [0, 0.05) is 18.8 Å². The van der Waals surface area contributed by atoms with E-state index in [1.165, 1.54) is 6.08 Å². The molecule has 1 rings (SSSR count). The second kappa shape index (κ2) is 3.66. The number of aromatic nitrogens is 2. The number of hydrogen-bond acceptors (Lipinski definition) is 3. The van der Waals surface area contributed by atoms with Crippen LogP contribution >= 0.6 is 0 Å². The predicted octanol–water partition coefficient (Wildman–Crippen LogP) is 1.15. The summed E-state index contributed by atoms with van der Waals surface area (Å²) in [5, 5.41) is 13.9. The smallest absolute Gasteiger partial charge is 0.236 e. The summed E-state index contributed by atoms with van der Waals surface area (Å²) in [5.74, 6) is 0. The summed E-state index contributed by atoms with van der Waals surface area (Å²) in [6, 6.07) is 1.73. The molecule has 0 aliphatic rings. The van der Waals surface area contributed by atoms with Crippen molar-refractivity contribution in [2.24, 2.45) is 0 Å². The lowest BCUT2D eigenvalue weighted by atomic mass is 10.4. The Kier molecular flexibility index (Phi) is 2.57. The molecule has 5 heteroatoms. The molecular formula is C7H9N3O2. The number of aryl methyl sites for hydroxylation is 1. The van der Waals surface area contributed by atoms with Crippen molar-refractivity contribution in [3.05, 3.63) is 34.3 Å². The molecule has 1 aromatic heterocycles. The van der Waals surface area contributed by atoms with Gasteiger partial charge in [-0.15, -0.1) is 0 Å². The molecule has 0 unspecified atom stereocenters. The minimum atomic E-state index is -0.493. The molecule has 0 aliphatic carbocycles. The molecule has 0 amide bonds. The Balaban J connectivity index is 2.81. The highest BCUT2D eigenvalue weighted by atomic mass is 16.6. The van der Waals surface area contributed by atoms with E-state index in [-0.39, 0.29) is 0 Å². The lowest BCUT2D eigenvalue weighted by molar-refractivity contribution is -0.401. The first-order valence-corrected chi connectivity index (χ1v) is 3.57. The van der Waals surface area contributed by atoms with Crippen LogP contribution in [0.1, 0.15) is 12.6 Å². The molecule has 64 valence electrons. The van der Waals surface area contributed by atoms with Crippen LogP contribution in [0.5, 0.6) is 0 Å². The fourth-order valence-corrected chi connectivity index (χ4v) is 0.886. The summed E-state index contributed by atoms with van der Waals surface area (Å²) >= 11 is 0. The minimum absolute atomic E-state index is 0.493. The summed E-state index contributed by atoms with van der Waals surface area (Å²) < 4.78 is 1.68. The molecule has 0 N–H and O–H groups in total. The maximum absolute atomic E-state index is 9.98. The third-order valence-electron chi connectivity index (χ3n) is 1.42. The van der Waals surface area contributed by atoms with Gasteiger partial charge in [-0.2, -0.15) is 5.10 Å². The van der Waals surface area contributed by atoms with E-state index in [2.05, 4.69) is 5.10 Å². The second-order valence-corrected chi connectivity index (χ2v) is 2.17. The van der Waals surface area contributed by atoms with E-state index in [1.54, 1.807) is 16.9 Å². The maximum atomic E-state index is 9.98. The summed E-state index contributed by atoms with van der Waals surface area (Å²) in [7, 11) is 0. The number of nitrogens with zero attached hydrogens (tertiary/aromatic N) is 3. The molecule has 0 radical (unpaired) electrons. The van der Waals surface area contributed by atoms with Gasteiger partial charge in [0.15, 0.2) is 0 Å². The van der Waals surface area contributed by atoms with Crippen LogP contribution in [-0.2, 0) is 6.54 Å². The van der Waals surface area contributed by atoms with Crippen LogP contribution in [-0.4, -0.2) is 14.7 Å². The van der Waals surface area contributed by atoms with Crippen LogP contribution in [0, 0.1) is 10.1 Å². The molecule has 0 atom stereocenters. The zero-order valence-corrected chi connectivity index (χ0v) is 6.67. The molecule has 0 aromatic carbocycles. The van der Waals surface area contributed by atoms with Gasteiger partial charge in [-0.3, -0.25) is 14.8 Å². The molecule has 5 nitrogen and oxygen atoms in total. The quantitative estimate of drug-likeness (QED) is 0.501. The van der Waals surface area contributed by atoms with E-state index in [4.69, 9.17) is 0 Å². The van der Waals surface area contributed by atoms with E-state index in [1.807, 2.05) is 6.92 Å². The molecule has 1 heterocycles. The van der Waals surface area contributed by atoms with Crippen molar-refractivity contribution >= 4 is 6.08 Å². The minimum Gasteiger partial charge on any atom is -0.266 e. The molecule has 0 fully saturated rings. The molecular weight excluding hydrogens is 158 g/mol. The van der Waals surface area contributed by atoms with Crippen molar-refractivity contribution in [1.82, 2.24) is 9.78 Å². The van der Waals surface area contributed by atoms with Gasteiger partial charge in [0.2, 0.25) is 6.20 Å². The monoisotopic (exact) mass is 167 g/mol. The van der Waals surface area contributed by atoms with Crippen molar-refractivity contribution in [2.45, 2.75) is 13.5 Å². The Morgan fingerprint density at radius 1 is 1.83 bits per heavy atom. The average molecular weight is 167 g/mol. The Bertz CT molecular complexity index is 303. The van der Waals surface area contributed by atoms with E-state index < -0.39 is 4.92 Å². The van der Waals surface area contributed by atoms with Gasteiger partial charge in [-0.1, -0.05) is 0 Å². The van der Waals surface area contributed by atoms with Gasteiger partial charge >= 0.3 is 0 Å². The second-order valence-electron chi connectivity index (χ2n) is 2.17. The lowest BCUT2D eigenvalue weighted by Gasteiger charge is -1.96. The van der Waals surface area contributed by atoms with Gasteiger partial charge in [0.1, 0.15) is 0 Å². The number of rotatable bonds is 3. The normalized spacial score (nSPS) is 10.8. The van der Waals surface area contributed by atoms with Crippen molar-refractivity contribution in [3.63, 3.8) is 0 Å². The standard InChI is InChI=1S/C7H9N3O2/c1-2-9-7(3-5-8-9)4-6-10(11)12/h3-6H,2H2,1H3/b6-4+. The zero-order chi connectivity index (χ0) is 8.97. The summed E-state index contributed by atoms with van der Waals surface area (Å²) in [6.07, 6.45) is 3.95. The maximum Gasteiger partial charge on any atom is 0.236 e. The summed E-state index contributed by atoms with van der Waals surface area (Å²) in [5.41, 5.74) is 0.745. The highest BCUT2D eigenvalue weighted by Crippen LogP contribution is 2.00. The zero-order valence-electron chi connectivity index (χ0n) is 6.67. The molecule has 0 aliphatic heterocycles. The van der Waals surface area contributed by atoms with Gasteiger partial charge in [0.05, 0.1) is 10.6 Å². The predicted molar refractivity (Wildman–Crippen MR) is 43.9 cm³/mol. The van der Waals surface area contributed by atoms with Crippen LogP contribution in [0.3, 0.4) is 0 Å². The first-order valence-electron chi connectivity index (χ1n) is 3.57. The van der Waals surface area contributed by atoms with Crippen molar-refractivity contribution in [2.75, 3.05) is 0 Å². The summed E-state index contributed by atoms with van der Waals surface area (Å²) in [6.45, 7) is 2.64. The van der Waals surface area contributed by atoms with Crippen LogP contribution < -0.4 is 0 Å². The molecule has 1 aromatic rings. The van der Waals surface area contributed by atoms with Crippen LogP contribution in [0.15, 0.2) is 18.5 Å². The first kappa shape index (κ1) is 8.45. The molecule has 0 spiro atoms. The van der Waals surface area contributed by atoms with Gasteiger partial charge in [-0.25, -0.2) is 0 Å². The molecule has 0 saturated carbocycles. The third kappa shape index (κ3) is 1.91. The SMILES string of the molecule is CCn1nccc1/C=C/[N+](=O)[O-]. The number of hydrogen-bond donors (Lipinski definition) is 0. The Morgan fingerprint density at radius 2 is 2.58 bits per heavy atom. The van der Waals surface area contributed by atoms with Gasteiger partial charge in [-0.05, 0) is 13.0 Å². The summed E-state index contributed by atoms with van der Waals surface area (Å²) in [4.78, 5) is 9.49. The highest BCUT2D eigenvalue weighted by Gasteiger charge is 1.96. The van der Waals surface area contributed by atoms with Crippen LogP contribution in [0.2, 0.25) is 0 Å². The molecule has 0 bridgehead atoms.